The zero-order valence-corrected chi connectivity index (χ0v) is 10.7. The minimum absolute atomic E-state index is 0.100. The first-order chi connectivity index (χ1) is 6.35. The molecule has 0 heterocycles. The highest BCUT2D eigenvalue weighted by molar-refractivity contribution is 6.72. The van der Waals surface area contributed by atoms with Crippen molar-refractivity contribution in [1.29, 1.82) is 0 Å². The smallest absolute Gasteiger partial charge is 0.333 e. The summed E-state index contributed by atoms with van der Waals surface area (Å²) in [5.74, 6) is -0.325. The lowest BCUT2D eigenvalue weighted by Crippen LogP contribution is -2.46. The molecule has 14 heavy (non-hydrogen) atoms. The molecule has 0 aromatic rings. The van der Waals surface area contributed by atoms with Gasteiger partial charge in [-0.2, -0.15) is 0 Å². The predicted octanol–water partition coefficient (Wildman–Crippen LogP) is 2.28. The van der Waals surface area contributed by atoms with E-state index in [-0.39, 0.29) is 11.7 Å². The van der Waals surface area contributed by atoms with Gasteiger partial charge in [0.1, 0.15) is 5.73 Å². The maximum Gasteiger partial charge on any atom is 0.333 e. The summed E-state index contributed by atoms with van der Waals surface area (Å²) in [5.41, 5.74) is 0.334. The van der Waals surface area contributed by atoms with Gasteiger partial charge in [-0.3, -0.25) is 0 Å². The minimum Gasteiger partial charge on any atom is -0.460 e. The van der Waals surface area contributed by atoms with Crippen molar-refractivity contribution in [3.63, 3.8) is 0 Å². The van der Waals surface area contributed by atoms with Gasteiger partial charge in [-0.25, -0.2) is 4.79 Å². The van der Waals surface area contributed by atoms with Crippen LogP contribution in [0.2, 0.25) is 13.1 Å². The van der Waals surface area contributed by atoms with E-state index < -0.39 is 8.32 Å². The number of hydrogen-bond acceptors (Lipinski definition) is 3. The van der Waals surface area contributed by atoms with Crippen molar-refractivity contribution >= 4 is 14.3 Å². The summed E-state index contributed by atoms with van der Waals surface area (Å²) in [6.07, 6.45) is 0.784. The highest BCUT2D eigenvalue weighted by Gasteiger charge is 2.34. The molecular weight excluding hydrogens is 196 g/mol. The number of carbonyl (C=O) groups excluding carboxylic acids is 1. The van der Waals surface area contributed by atoms with Crippen LogP contribution in [0.3, 0.4) is 0 Å². The van der Waals surface area contributed by atoms with Crippen LogP contribution >= 0.6 is 0 Å². The zero-order valence-electron chi connectivity index (χ0n) is 9.72. The first-order valence-corrected chi connectivity index (χ1v) is 7.75. The van der Waals surface area contributed by atoms with Crippen molar-refractivity contribution < 1.29 is 14.0 Å². The van der Waals surface area contributed by atoms with Crippen LogP contribution in [-0.2, 0) is 14.0 Å². The molecule has 0 aliphatic carbocycles. The van der Waals surface area contributed by atoms with Gasteiger partial charge in [0.2, 0.25) is 8.32 Å². The molecule has 3 nitrogen and oxygen atoms in total. The summed E-state index contributed by atoms with van der Waals surface area (Å²) in [5, 5.41) is 0. The molecule has 0 aromatic heterocycles. The fourth-order valence-corrected chi connectivity index (χ4v) is 2.71. The third-order valence-corrected chi connectivity index (χ3v) is 5.40. The molecule has 0 spiro atoms. The van der Waals surface area contributed by atoms with E-state index in [2.05, 4.69) is 6.58 Å². The maximum atomic E-state index is 11.3. The second kappa shape index (κ2) is 5.31. The average molecular weight is 216 g/mol. The number of ether oxygens (including phenoxy) is 1. The third kappa shape index (κ3) is 3.63. The van der Waals surface area contributed by atoms with Crippen molar-refractivity contribution in [2.45, 2.75) is 39.1 Å². The van der Waals surface area contributed by atoms with Gasteiger partial charge in [0.25, 0.3) is 0 Å². The van der Waals surface area contributed by atoms with Crippen molar-refractivity contribution in [2.75, 3.05) is 7.11 Å². The number of esters is 1. The normalized spacial score (nSPS) is 13.5. The molecule has 0 radical (unpaired) electrons. The lowest BCUT2D eigenvalue weighted by atomic mass is 10.4. The van der Waals surface area contributed by atoms with E-state index in [1.165, 1.54) is 0 Å². The molecule has 0 aromatic carbocycles. The summed E-state index contributed by atoms with van der Waals surface area (Å²) in [4.78, 5) is 11.3. The number of rotatable bonds is 5. The van der Waals surface area contributed by atoms with Gasteiger partial charge in [-0.1, -0.05) is 13.5 Å². The van der Waals surface area contributed by atoms with Gasteiger partial charge in [-0.15, -0.1) is 0 Å². The van der Waals surface area contributed by atoms with E-state index in [4.69, 9.17) is 9.16 Å². The largest absolute Gasteiger partial charge is 0.460 e. The highest BCUT2D eigenvalue weighted by atomic mass is 28.4. The first-order valence-electron chi connectivity index (χ1n) is 4.76. The van der Waals surface area contributed by atoms with E-state index in [0.29, 0.717) is 5.57 Å². The van der Waals surface area contributed by atoms with Crippen molar-refractivity contribution in [3.8, 4) is 0 Å². The Morgan fingerprint density at radius 1 is 1.50 bits per heavy atom. The van der Waals surface area contributed by atoms with Crippen molar-refractivity contribution in [3.05, 3.63) is 12.2 Å². The lowest BCUT2D eigenvalue weighted by molar-refractivity contribution is -0.141. The molecule has 0 bridgehead atoms. The van der Waals surface area contributed by atoms with Crippen LogP contribution in [0.4, 0.5) is 0 Å². The molecule has 0 aliphatic rings. The Kier molecular flexibility index (Phi) is 5.08. The molecular formula is C10H20O3Si. The minimum atomic E-state index is -1.90. The van der Waals surface area contributed by atoms with Gasteiger partial charge >= 0.3 is 5.97 Å². The monoisotopic (exact) mass is 216 g/mol. The Balaban J connectivity index is 4.44. The fourth-order valence-electron chi connectivity index (χ4n) is 1.08. The Morgan fingerprint density at radius 3 is 2.29 bits per heavy atom. The Labute approximate surface area is 87.2 Å². The Bertz CT molecular complexity index is 223. The summed E-state index contributed by atoms with van der Waals surface area (Å²) >= 11 is 0. The van der Waals surface area contributed by atoms with Crippen LogP contribution in [0.15, 0.2) is 12.2 Å². The molecule has 1 atom stereocenters. The van der Waals surface area contributed by atoms with E-state index in [9.17, 15) is 4.79 Å². The summed E-state index contributed by atoms with van der Waals surface area (Å²) < 4.78 is 10.7. The first kappa shape index (κ1) is 13.4. The van der Waals surface area contributed by atoms with E-state index in [1.807, 2.05) is 20.0 Å². The van der Waals surface area contributed by atoms with Crippen LogP contribution in [0, 0.1) is 0 Å². The van der Waals surface area contributed by atoms with Gasteiger partial charge in [0.15, 0.2) is 0 Å². The van der Waals surface area contributed by atoms with Crippen molar-refractivity contribution in [1.82, 2.24) is 0 Å². The van der Waals surface area contributed by atoms with Crippen LogP contribution in [0.1, 0.15) is 20.3 Å². The Morgan fingerprint density at radius 2 is 2.00 bits per heavy atom. The number of hydrogen-bond donors (Lipinski definition) is 0. The molecule has 0 amide bonds. The second-order valence-corrected chi connectivity index (χ2v) is 8.15. The standard InChI is InChI=1S/C10H20O3Si/c1-7-9(14(5,6)12-4)13-10(11)8(2)3/h9H,2,7H2,1,3-6H3. The van der Waals surface area contributed by atoms with Crippen LogP contribution in [0.5, 0.6) is 0 Å². The predicted molar refractivity (Wildman–Crippen MR) is 59.5 cm³/mol. The van der Waals surface area contributed by atoms with E-state index in [0.717, 1.165) is 6.42 Å². The summed E-state index contributed by atoms with van der Waals surface area (Å²) in [7, 11) is -0.229. The molecule has 0 saturated carbocycles. The summed E-state index contributed by atoms with van der Waals surface area (Å²) in [6.45, 7) is 11.3. The van der Waals surface area contributed by atoms with Crippen LogP contribution < -0.4 is 0 Å². The molecule has 0 saturated heterocycles. The fraction of sp³-hybridized carbons (Fsp3) is 0.700. The molecule has 0 fully saturated rings. The molecule has 4 heteroatoms. The SMILES string of the molecule is C=C(C)C(=O)OC(CC)[Si](C)(C)OC. The average Bonchev–Trinajstić information content (AvgIpc) is 2.13. The van der Waals surface area contributed by atoms with Gasteiger partial charge in [0.05, 0.1) is 0 Å². The van der Waals surface area contributed by atoms with Crippen LogP contribution in [0.25, 0.3) is 0 Å². The van der Waals surface area contributed by atoms with E-state index in [1.54, 1.807) is 14.0 Å². The third-order valence-electron chi connectivity index (χ3n) is 2.27. The van der Waals surface area contributed by atoms with Gasteiger partial charge < -0.3 is 9.16 Å². The van der Waals surface area contributed by atoms with Crippen LogP contribution in [-0.4, -0.2) is 27.1 Å². The lowest BCUT2D eigenvalue weighted by Gasteiger charge is -2.29. The maximum absolute atomic E-state index is 11.3. The van der Waals surface area contributed by atoms with E-state index >= 15 is 0 Å². The topological polar surface area (TPSA) is 35.5 Å². The van der Waals surface area contributed by atoms with Gasteiger partial charge in [0, 0.05) is 12.7 Å². The zero-order chi connectivity index (χ0) is 11.4. The molecule has 82 valence electrons. The number of carbonyl (C=O) groups is 1. The van der Waals surface area contributed by atoms with Gasteiger partial charge in [-0.05, 0) is 26.4 Å². The second-order valence-electron chi connectivity index (χ2n) is 3.89. The molecule has 0 rings (SSSR count). The Hall–Kier alpha value is -0.613. The molecule has 0 aliphatic heterocycles. The molecule has 1 unspecified atom stereocenters. The highest BCUT2D eigenvalue weighted by Crippen LogP contribution is 2.17. The summed E-state index contributed by atoms with van der Waals surface area (Å²) in [6, 6.07) is 0. The van der Waals surface area contributed by atoms with Crippen molar-refractivity contribution in [2.24, 2.45) is 0 Å². The molecule has 0 N–H and O–H groups in total. The quantitative estimate of drug-likeness (QED) is 0.402.